The highest BCUT2D eigenvalue weighted by molar-refractivity contribution is 5.65. The van der Waals surface area contributed by atoms with Crippen molar-refractivity contribution >= 4 is 5.82 Å². The number of anilines is 1. The van der Waals surface area contributed by atoms with E-state index in [0.717, 1.165) is 30.1 Å². The minimum Gasteiger partial charge on any atom is -0.493 e. The topological polar surface area (TPSA) is 76.4 Å². The number of aromatic amines is 1. The average molecular weight is 274 g/mol. The smallest absolute Gasteiger partial charge is 0.161 e. The molecule has 2 aromatic rings. The third-order valence-corrected chi connectivity index (χ3v) is 3.40. The Kier molecular flexibility index (Phi) is 3.23. The summed E-state index contributed by atoms with van der Waals surface area (Å²) in [6.07, 6.45) is 0.238. The number of aromatic nitrogens is 2. The lowest BCUT2D eigenvalue weighted by atomic mass is 10.1. The Morgan fingerprint density at radius 1 is 1.30 bits per heavy atom. The summed E-state index contributed by atoms with van der Waals surface area (Å²) in [6.45, 7) is 1.89. The zero-order chi connectivity index (χ0) is 14.1. The van der Waals surface area contributed by atoms with Gasteiger partial charge in [0.15, 0.2) is 11.5 Å². The van der Waals surface area contributed by atoms with E-state index in [1.807, 2.05) is 18.2 Å². The second-order valence-electron chi connectivity index (χ2n) is 5.03. The molecule has 1 aliphatic heterocycles. The number of methoxy groups -OCH3 is 1. The number of rotatable bonds is 4. The van der Waals surface area contributed by atoms with Crippen LogP contribution in [0.1, 0.15) is 0 Å². The number of nitrogens with two attached hydrogens (primary N) is 1. The Hall–Kier alpha value is -2.21. The number of hydrogen-bond donors (Lipinski definition) is 2. The predicted molar refractivity (Wildman–Crippen MR) is 76.9 cm³/mol. The van der Waals surface area contributed by atoms with Gasteiger partial charge in [-0.1, -0.05) is 0 Å². The fourth-order valence-corrected chi connectivity index (χ4v) is 2.31. The molecule has 1 aliphatic rings. The van der Waals surface area contributed by atoms with E-state index in [4.69, 9.17) is 15.2 Å². The maximum Gasteiger partial charge on any atom is 0.161 e. The van der Waals surface area contributed by atoms with Gasteiger partial charge in [0.1, 0.15) is 11.9 Å². The van der Waals surface area contributed by atoms with Crippen molar-refractivity contribution in [3.8, 4) is 22.8 Å². The molecule has 0 radical (unpaired) electrons. The van der Waals surface area contributed by atoms with Gasteiger partial charge < -0.3 is 15.2 Å². The molecule has 6 heteroatoms. The zero-order valence-electron chi connectivity index (χ0n) is 11.6. The number of hydrogen-bond acceptors (Lipinski definition) is 5. The number of likely N-dealkylation sites (N-methyl/N-ethyl adjacent to an activating group) is 1. The minimum atomic E-state index is 0.238. The van der Waals surface area contributed by atoms with E-state index < -0.39 is 0 Å². The molecule has 1 aromatic heterocycles. The maximum absolute atomic E-state index is 5.92. The van der Waals surface area contributed by atoms with E-state index in [9.17, 15) is 0 Å². The third kappa shape index (κ3) is 2.42. The lowest BCUT2D eigenvalue weighted by Crippen LogP contribution is -2.51. The third-order valence-electron chi connectivity index (χ3n) is 3.40. The first-order valence-corrected chi connectivity index (χ1v) is 6.50. The Bertz CT molecular complexity index is 605. The van der Waals surface area contributed by atoms with Gasteiger partial charge in [-0.15, -0.1) is 0 Å². The maximum atomic E-state index is 5.92. The van der Waals surface area contributed by atoms with Crippen LogP contribution in [0.15, 0.2) is 24.3 Å². The summed E-state index contributed by atoms with van der Waals surface area (Å²) in [6, 6.07) is 7.59. The van der Waals surface area contributed by atoms with Crippen LogP contribution in [0.25, 0.3) is 11.3 Å². The molecule has 106 valence electrons. The van der Waals surface area contributed by atoms with Gasteiger partial charge in [-0.05, 0) is 25.2 Å². The highest BCUT2D eigenvalue weighted by Gasteiger charge is 2.25. The van der Waals surface area contributed by atoms with Crippen LogP contribution in [0.2, 0.25) is 0 Å². The second kappa shape index (κ2) is 5.05. The summed E-state index contributed by atoms with van der Waals surface area (Å²) in [5.74, 6) is 1.95. The molecule has 3 N–H and O–H groups in total. The number of ether oxygens (including phenoxy) is 2. The lowest BCUT2D eigenvalue weighted by Gasteiger charge is -2.36. The van der Waals surface area contributed by atoms with Crippen LogP contribution in [-0.2, 0) is 0 Å². The van der Waals surface area contributed by atoms with Crippen molar-refractivity contribution in [2.45, 2.75) is 6.10 Å². The molecule has 0 unspecified atom stereocenters. The van der Waals surface area contributed by atoms with Crippen LogP contribution in [0.3, 0.4) is 0 Å². The molecule has 1 saturated heterocycles. The Balaban J connectivity index is 1.82. The molecule has 0 bridgehead atoms. The monoisotopic (exact) mass is 274 g/mol. The van der Waals surface area contributed by atoms with Crippen LogP contribution in [0.5, 0.6) is 11.5 Å². The van der Waals surface area contributed by atoms with Gasteiger partial charge in [0.25, 0.3) is 0 Å². The molecule has 3 rings (SSSR count). The van der Waals surface area contributed by atoms with Crippen molar-refractivity contribution < 1.29 is 9.47 Å². The van der Waals surface area contributed by atoms with Gasteiger partial charge >= 0.3 is 0 Å². The number of nitrogens with zero attached hydrogens (tertiary/aromatic N) is 2. The molecule has 6 nitrogen and oxygen atoms in total. The Labute approximate surface area is 117 Å². The van der Waals surface area contributed by atoms with Gasteiger partial charge in [-0.3, -0.25) is 10.00 Å². The standard InChI is InChI=1S/C14H18N4O2/c1-18-7-10(8-18)20-12-4-3-9(5-13(12)19-2)11-6-14(15)17-16-11/h3-6,10H,7-8H2,1-2H3,(H3,15,16,17). The van der Waals surface area contributed by atoms with Crippen LogP contribution < -0.4 is 15.2 Å². The summed E-state index contributed by atoms with van der Waals surface area (Å²) < 4.78 is 11.3. The van der Waals surface area contributed by atoms with Gasteiger partial charge in [-0.25, -0.2) is 0 Å². The molecule has 1 fully saturated rings. The zero-order valence-corrected chi connectivity index (χ0v) is 11.6. The molecular formula is C14H18N4O2. The van der Waals surface area contributed by atoms with Crippen molar-refractivity contribution in [2.75, 3.05) is 33.0 Å². The summed E-state index contributed by atoms with van der Waals surface area (Å²) >= 11 is 0. The number of likely N-dealkylation sites (tertiary alicyclic amines) is 1. The Morgan fingerprint density at radius 2 is 2.10 bits per heavy atom. The normalized spacial score (nSPS) is 15.9. The van der Waals surface area contributed by atoms with E-state index in [1.54, 1.807) is 13.2 Å². The fourth-order valence-electron chi connectivity index (χ4n) is 2.31. The first kappa shape index (κ1) is 12.8. The number of benzene rings is 1. The average Bonchev–Trinajstić information content (AvgIpc) is 2.84. The molecule has 0 amide bonds. The van der Waals surface area contributed by atoms with E-state index >= 15 is 0 Å². The van der Waals surface area contributed by atoms with Crippen molar-refractivity contribution in [3.63, 3.8) is 0 Å². The van der Waals surface area contributed by atoms with Crippen LogP contribution in [-0.4, -0.2) is 48.4 Å². The fraction of sp³-hybridized carbons (Fsp3) is 0.357. The van der Waals surface area contributed by atoms with Gasteiger partial charge in [0.2, 0.25) is 0 Å². The van der Waals surface area contributed by atoms with Crippen molar-refractivity contribution in [3.05, 3.63) is 24.3 Å². The molecule has 0 aliphatic carbocycles. The molecule has 2 heterocycles. The number of nitrogens with one attached hydrogen (secondary N) is 1. The highest BCUT2D eigenvalue weighted by Crippen LogP contribution is 2.33. The number of H-pyrrole nitrogens is 1. The van der Waals surface area contributed by atoms with E-state index in [0.29, 0.717) is 11.6 Å². The van der Waals surface area contributed by atoms with Crippen LogP contribution >= 0.6 is 0 Å². The highest BCUT2D eigenvalue weighted by atomic mass is 16.5. The van der Waals surface area contributed by atoms with Gasteiger partial charge in [0.05, 0.1) is 12.8 Å². The van der Waals surface area contributed by atoms with Crippen LogP contribution in [0.4, 0.5) is 5.82 Å². The van der Waals surface area contributed by atoms with E-state index in [-0.39, 0.29) is 6.10 Å². The minimum absolute atomic E-state index is 0.238. The summed E-state index contributed by atoms with van der Waals surface area (Å²) in [5.41, 5.74) is 7.44. The lowest BCUT2D eigenvalue weighted by molar-refractivity contribution is 0.0370. The van der Waals surface area contributed by atoms with Gasteiger partial charge in [-0.2, -0.15) is 5.10 Å². The quantitative estimate of drug-likeness (QED) is 0.880. The summed E-state index contributed by atoms with van der Waals surface area (Å²) in [4.78, 5) is 2.21. The van der Waals surface area contributed by atoms with Crippen LogP contribution in [0, 0.1) is 0 Å². The van der Waals surface area contributed by atoms with Crippen molar-refractivity contribution in [2.24, 2.45) is 0 Å². The number of nitrogen functional groups attached to an aromatic ring is 1. The largest absolute Gasteiger partial charge is 0.493 e. The SMILES string of the molecule is COc1cc(-c2cc(N)n[nH]2)ccc1OC1CN(C)C1. The predicted octanol–water partition coefficient (Wildman–Crippen LogP) is 1.36. The first-order chi connectivity index (χ1) is 9.65. The molecular weight excluding hydrogens is 256 g/mol. The van der Waals surface area contributed by atoms with Gasteiger partial charge in [0, 0.05) is 24.7 Å². The van der Waals surface area contributed by atoms with Crippen molar-refractivity contribution in [1.82, 2.24) is 15.1 Å². The molecule has 1 aromatic carbocycles. The van der Waals surface area contributed by atoms with Crippen molar-refractivity contribution in [1.29, 1.82) is 0 Å². The Morgan fingerprint density at radius 3 is 2.70 bits per heavy atom. The second-order valence-corrected chi connectivity index (χ2v) is 5.03. The molecule has 0 saturated carbocycles. The van der Waals surface area contributed by atoms with E-state index in [2.05, 4.69) is 22.1 Å². The molecule has 20 heavy (non-hydrogen) atoms. The summed E-state index contributed by atoms with van der Waals surface area (Å²) in [7, 11) is 3.71. The first-order valence-electron chi connectivity index (χ1n) is 6.50. The van der Waals surface area contributed by atoms with E-state index in [1.165, 1.54) is 0 Å². The molecule has 0 atom stereocenters. The molecule has 0 spiro atoms. The summed E-state index contributed by atoms with van der Waals surface area (Å²) in [5, 5.41) is 6.81.